The predicted octanol–water partition coefficient (Wildman–Crippen LogP) is 2.99. The third kappa shape index (κ3) is 3.55. The lowest BCUT2D eigenvalue weighted by atomic mass is 9.74. The van der Waals surface area contributed by atoms with Crippen LogP contribution in [0.3, 0.4) is 0 Å². The van der Waals surface area contributed by atoms with E-state index in [2.05, 4.69) is 30.4 Å². The van der Waals surface area contributed by atoms with Gasteiger partial charge in [-0.2, -0.15) is 0 Å². The first kappa shape index (κ1) is 16.8. The molecule has 1 aliphatic carbocycles. The Morgan fingerprint density at radius 1 is 1.17 bits per heavy atom. The van der Waals surface area contributed by atoms with Gasteiger partial charge in [-0.3, -0.25) is 4.79 Å². The van der Waals surface area contributed by atoms with Gasteiger partial charge in [0.2, 0.25) is 0 Å². The highest BCUT2D eigenvalue weighted by Crippen LogP contribution is 2.38. The number of hydrogen-bond acceptors (Lipinski definition) is 2. The number of urea groups is 1. The van der Waals surface area contributed by atoms with Crippen molar-refractivity contribution in [2.24, 2.45) is 11.8 Å². The fourth-order valence-corrected chi connectivity index (χ4v) is 4.00. The van der Waals surface area contributed by atoms with Crippen molar-refractivity contribution in [3.63, 3.8) is 0 Å². The lowest BCUT2D eigenvalue weighted by Crippen LogP contribution is -2.53. The molecule has 1 heterocycles. The molecule has 0 spiro atoms. The molecule has 1 aliphatic heterocycles. The molecule has 2 aliphatic rings. The van der Waals surface area contributed by atoms with Gasteiger partial charge in [0.25, 0.3) is 0 Å². The van der Waals surface area contributed by atoms with Crippen molar-refractivity contribution in [3.05, 3.63) is 35.4 Å². The number of carboxylic acid groups (broad SMARTS) is 1. The first-order valence-electron chi connectivity index (χ1n) is 8.77. The largest absolute Gasteiger partial charge is 0.481 e. The molecule has 0 radical (unpaired) electrons. The Kier molecular flexibility index (Phi) is 4.78. The van der Waals surface area contributed by atoms with E-state index in [9.17, 15) is 14.7 Å². The maximum atomic E-state index is 12.4. The standard InChI is InChI=1S/C19H26N2O3/c1-12-7-15(18(22)23)11-21(10-12)19(24)20-16-8-14(9-16)17-6-4-3-5-13(17)2/h3-6,12,14-16H,7-11H2,1-2H3,(H,20,24)(H,22,23). The fraction of sp³-hybridized carbons (Fsp3) is 0.579. The molecule has 5 heteroatoms. The number of aliphatic carboxylic acids is 1. The molecular weight excluding hydrogens is 304 g/mol. The van der Waals surface area contributed by atoms with Crippen LogP contribution in [0.2, 0.25) is 0 Å². The number of rotatable bonds is 3. The number of likely N-dealkylation sites (tertiary alicyclic amines) is 1. The maximum absolute atomic E-state index is 12.4. The van der Waals surface area contributed by atoms with E-state index >= 15 is 0 Å². The summed E-state index contributed by atoms with van der Waals surface area (Å²) in [5.41, 5.74) is 2.68. The third-order valence-electron chi connectivity index (χ3n) is 5.39. The van der Waals surface area contributed by atoms with Crippen molar-refractivity contribution in [1.29, 1.82) is 0 Å². The lowest BCUT2D eigenvalue weighted by molar-refractivity contribution is -0.143. The minimum atomic E-state index is -0.803. The molecule has 130 valence electrons. The Labute approximate surface area is 143 Å². The zero-order chi connectivity index (χ0) is 17.3. The summed E-state index contributed by atoms with van der Waals surface area (Å²) in [6.07, 6.45) is 2.57. The molecule has 2 N–H and O–H groups in total. The van der Waals surface area contributed by atoms with Gasteiger partial charge in [-0.25, -0.2) is 4.79 Å². The Bertz CT molecular complexity index is 625. The van der Waals surface area contributed by atoms with Crippen LogP contribution in [0.4, 0.5) is 4.79 Å². The fourth-order valence-electron chi connectivity index (χ4n) is 4.00. The van der Waals surface area contributed by atoms with Gasteiger partial charge in [-0.1, -0.05) is 31.2 Å². The Balaban J connectivity index is 1.52. The molecule has 1 aromatic carbocycles. The van der Waals surface area contributed by atoms with Crippen LogP contribution in [0.25, 0.3) is 0 Å². The summed E-state index contributed by atoms with van der Waals surface area (Å²) in [5, 5.41) is 12.3. The molecular formula is C19H26N2O3. The highest BCUT2D eigenvalue weighted by atomic mass is 16.4. The zero-order valence-electron chi connectivity index (χ0n) is 14.4. The number of carbonyl (C=O) groups is 2. The molecule has 0 aromatic heterocycles. The van der Waals surface area contributed by atoms with Crippen molar-refractivity contribution in [2.45, 2.75) is 45.1 Å². The minimum absolute atomic E-state index is 0.110. The zero-order valence-corrected chi connectivity index (χ0v) is 14.4. The van der Waals surface area contributed by atoms with Crippen LogP contribution >= 0.6 is 0 Å². The highest BCUT2D eigenvalue weighted by molar-refractivity contribution is 5.77. The number of aryl methyl sites for hydroxylation is 1. The van der Waals surface area contributed by atoms with Gasteiger partial charge in [0.1, 0.15) is 0 Å². The molecule has 2 unspecified atom stereocenters. The number of nitrogens with one attached hydrogen (secondary N) is 1. The number of carboxylic acids is 1. The topological polar surface area (TPSA) is 69.6 Å². The molecule has 2 fully saturated rings. The number of hydrogen-bond donors (Lipinski definition) is 2. The van der Waals surface area contributed by atoms with Gasteiger partial charge in [-0.15, -0.1) is 0 Å². The quantitative estimate of drug-likeness (QED) is 0.895. The van der Waals surface area contributed by atoms with Crippen LogP contribution in [0, 0.1) is 18.8 Å². The molecule has 24 heavy (non-hydrogen) atoms. The van der Waals surface area contributed by atoms with E-state index in [0.29, 0.717) is 25.4 Å². The molecule has 1 saturated carbocycles. The third-order valence-corrected chi connectivity index (χ3v) is 5.39. The molecule has 0 bridgehead atoms. The predicted molar refractivity (Wildman–Crippen MR) is 92.0 cm³/mol. The van der Waals surface area contributed by atoms with Gasteiger partial charge in [-0.05, 0) is 49.1 Å². The highest BCUT2D eigenvalue weighted by Gasteiger charge is 2.36. The van der Waals surface area contributed by atoms with E-state index in [-0.39, 0.29) is 18.0 Å². The normalized spacial score (nSPS) is 29.7. The Morgan fingerprint density at radius 3 is 2.54 bits per heavy atom. The van der Waals surface area contributed by atoms with Gasteiger partial charge in [0.15, 0.2) is 0 Å². The van der Waals surface area contributed by atoms with Gasteiger partial charge >= 0.3 is 12.0 Å². The Morgan fingerprint density at radius 2 is 1.88 bits per heavy atom. The van der Waals surface area contributed by atoms with E-state index in [1.807, 2.05) is 13.0 Å². The van der Waals surface area contributed by atoms with E-state index < -0.39 is 11.9 Å². The number of nitrogens with zero attached hydrogens (tertiary/aromatic N) is 1. The second kappa shape index (κ2) is 6.83. The average Bonchev–Trinajstić information content (AvgIpc) is 2.50. The first-order chi connectivity index (χ1) is 11.4. The molecule has 2 amide bonds. The van der Waals surface area contributed by atoms with E-state index in [1.165, 1.54) is 11.1 Å². The second-order valence-corrected chi connectivity index (χ2v) is 7.45. The van der Waals surface area contributed by atoms with Crippen molar-refractivity contribution in [2.75, 3.05) is 13.1 Å². The van der Waals surface area contributed by atoms with Crippen LogP contribution in [0.5, 0.6) is 0 Å². The maximum Gasteiger partial charge on any atom is 0.317 e. The first-order valence-corrected chi connectivity index (χ1v) is 8.77. The lowest BCUT2D eigenvalue weighted by Gasteiger charge is -2.40. The second-order valence-electron chi connectivity index (χ2n) is 7.45. The summed E-state index contributed by atoms with van der Waals surface area (Å²) in [5.74, 6) is -0.501. The molecule has 3 rings (SSSR count). The summed E-state index contributed by atoms with van der Waals surface area (Å²) < 4.78 is 0. The molecule has 2 atom stereocenters. The van der Waals surface area contributed by atoms with E-state index in [0.717, 1.165) is 12.8 Å². The average molecular weight is 330 g/mol. The number of amides is 2. The molecule has 5 nitrogen and oxygen atoms in total. The van der Waals surface area contributed by atoms with Crippen molar-refractivity contribution in [3.8, 4) is 0 Å². The summed E-state index contributed by atoms with van der Waals surface area (Å²) in [6.45, 7) is 5.10. The van der Waals surface area contributed by atoms with Gasteiger partial charge in [0.05, 0.1) is 5.92 Å². The number of benzene rings is 1. The van der Waals surface area contributed by atoms with E-state index in [1.54, 1.807) is 4.90 Å². The number of carbonyl (C=O) groups excluding carboxylic acids is 1. The summed E-state index contributed by atoms with van der Waals surface area (Å²) in [4.78, 5) is 25.4. The Hall–Kier alpha value is -2.04. The van der Waals surface area contributed by atoms with Crippen LogP contribution in [0.1, 0.15) is 43.2 Å². The molecule has 1 saturated heterocycles. The monoisotopic (exact) mass is 330 g/mol. The van der Waals surface area contributed by atoms with Crippen LogP contribution in [0.15, 0.2) is 24.3 Å². The van der Waals surface area contributed by atoms with Crippen molar-refractivity contribution in [1.82, 2.24) is 10.2 Å². The molecule has 1 aromatic rings. The van der Waals surface area contributed by atoms with Crippen molar-refractivity contribution >= 4 is 12.0 Å². The smallest absolute Gasteiger partial charge is 0.317 e. The number of piperidine rings is 1. The van der Waals surface area contributed by atoms with Gasteiger partial charge in [0, 0.05) is 19.1 Å². The van der Waals surface area contributed by atoms with Crippen LogP contribution in [-0.4, -0.2) is 41.1 Å². The summed E-state index contributed by atoms with van der Waals surface area (Å²) >= 11 is 0. The summed E-state index contributed by atoms with van der Waals surface area (Å²) in [6, 6.07) is 8.50. The van der Waals surface area contributed by atoms with Gasteiger partial charge < -0.3 is 15.3 Å². The summed E-state index contributed by atoms with van der Waals surface area (Å²) in [7, 11) is 0. The van der Waals surface area contributed by atoms with Crippen molar-refractivity contribution < 1.29 is 14.7 Å². The van der Waals surface area contributed by atoms with Crippen LogP contribution < -0.4 is 5.32 Å². The van der Waals surface area contributed by atoms with E-state index in [4.69, 9.17) is 0 Å². The minimum Gasteiger partial charge on any atom is -0.481 e. The van der Waals surface area contributed by atoms with Crippen LogP contribution in [-0.2, 0) is 4.79 Å². The SMILES string of the molecule is Cc1ccccc1C1CC(NC(=O)N2CC(C)CC(C(=O)O)C2)C1.